The minimum atomic E-state index is 0.0404. The van der Waals surface area contributed by atoms with E-state index in [1.165, 1.54) is 0 Å². The van der Waals surface area contributed by atoms with Crippen LogP contribution in [0.1, 0.15) is 26.2 Å². The maximum atomic E-state index is 12.2. The summed E-state index contributed by atoms with van der Waals surface area (Å²) in [4.78, 5) is 14.1. The van der Waals surface area contributed by atoms with Gasteiger partial charge in [-0.3, -0.25) is 4.79 Å². The molecule has 0 radical (unpaired) electrons. The molecular formula is C12H18N2O2. The molecule has 2 rings (SSSR count). The highest BCUT2D eigenvalue weighted by Crippen LogP contribution is 2.25. The SMILES string of the molecule is CC1OCCC1C(=O)N1CCC(C#N)CC1. The Morgan fingerprint density at radius 1 is 1.38 bits per heavy atom. The van der Waals surface area contributed by atoms with Crippen LogP contribution < -0.4 is 0 Å². The smallest absolute Gasteiger partial charge is 0.228 e. The van der Waals surface area contributed by atoms with Crippen LogP contribution in [0, 0.1) is 23.2 Å². The number of nitrogens with zero attached hydrogens (tertiary/aromatic N) is 2. The molecule has 4 heteroatoms. The largest absolute Gasteiger partial charge is 0.378 e. The van der Waals surface area contributed by atoms with Crippen molar-refractivity contribution < 1.29 is 9.53 Å². The van der Waals surface area contributed by atoms with Crippen LogP contribution in [0.3, 0.4) is 0 Å². The van der Waals surface area contributed by atoms with E-state index in [0.717, 1.165) is 32.4 Å². The van der Waals surface area contributed by atoms with Crippen molar-refractivity contribution in [1.29, 1.82) is 5.26 Å². The molecule has 4 nitrogen and oxygen atoms in total. The molecular weight excluding hydrogens is 204 g/mol. The average Bonchev–Trinajstić information content (AvgIpc) is 2.75. The number of nitriles is 1. The normalized spacial score (nSPS) is 31.4. The minimum Gasteiger partial charge on any atom is -0.378 e. The zero-order chi connectivity index (χ0) is 11.5. The number of ether oxygens (including phenoxy) is 1. The Labute approximate surface area is 96.2 Å². The first-order chi connectivity index (χ1) is 7.72. The summed E-state index contributed by atoms with van der Waals surface area (Å²) in [5, 5.41) is 8.80. The zero-order valence-corrected chi connectivity index (χ0v) is 9.69. The van der Waals surface area contributed by atoms with Crippen LogP contribution in [0.25, 0.3) is 0 Å². The molecule has 0 aromatic carbocycles. The van der Waals surface area contributed by atoms with E-state index in [0.29, 0.717) is 6.61 Å². The molecule has 0 spiro atoms. The Morgan fingerprint density at radius 2 is 2.06 bits per heavy atom. The second-order valence-electron chi connectivity index (χ2n) is 4.70. The summed E-state index contributed by atoms with van der Waals surface area (Å²) in [5.74, 6) is 0.404. The number of hydrogen-bond donors (Lipinski definition) is 0. The summed E-state index contributed by atoms with van der Waals surface area (Å²) in [6.45, 7) is 4.14. The fourth-order valence-electron chi connectivity index (χ4n) is 2.52. The van der Waals surface area contributed by atoms with Crippen molar-refractivity contribution in [3.63, 3.8) is 0 Å². The maximum Gasteiger partial charge on any atom is 0.228 e. The van der Waals surface area contributed by atoms with Crippen molar-refractivity contribution in [2.24, 2.45) is 11.8 Å². The molecule has 2 saturated heterocycles. The number of carbonyl (C=O) groups excluding carboxylic acids is 1. The third kappa shape index (κ3) is 2.19. The van der Waals surface area contributed by atoms with Gasteiger partial charge in [0.1, 0.15) is 0 Å². The van der Waals surface area contributed by atoms with Crippen LogP contribution >= 0.6 is 0 Å². The molecule has 2 unspecified atom stereocenters. The lowest BCUT2D eigenvalue weighted by molar-refractivity contribution is -0.138. The fraction of sp³-hybridized carbons (Fsp3) is 0.833. The summed E-state index contributed by atoms with van der Waals surface area (Å²) >= 11 is 0. The highest BCUT2D eigenvalue weighted by molar-refractivity contribution is 5.79. The predicted molar refractivity (Wildman–Crippen MR) is 58.4 cm³/mol. The van der Waals surface area contributed by atoms with Crippen molar-refractivity contribution in [2.75, 3.05) is 19.7 Å². The first kappa shape index (κ1) is 11.4. The molecule has 2 aliphatic heterocycles. The second-order valence-corrected chi connectivity index (χ2v) is 4.70. The summed E-state index contributed by atoms with van der Waals surface area (Å²) in [5.41, 5.74) is 0. The molecule has 1 amide bonds. The highest BCUT2D eigenvalue weighted by Gasteiger charge is 2.35. The fourth-order valence-corrected chi connectivity index (χ4v) is 2.52. The molecule has 0 aromatic heterocycles. The summed E-state index contributed by atoms with van der Waals surface area (Å²) in [6.07, 6.45) is 2.55. The van der Waals surface area contributed by atoms with Crippen LogP contribution in [0.4, 0.5) is 0 Å². The molecule has 0 N–H and O–H groups in total. The van der Waals surface area contributed by atoms with Crippen molar-refractivity contribution in [3.8, 4) is 6.07 Å². The van der Waals surface area contributed by atoms with E-state index >= 15 is 0 Å². The van der Waals surface area contributed by atoms with E-state index in [9.17, 15) is 4.79 Å². The van der Waals surface area contributed by atoms with Gasteiger partial charge in [-0.05, 0) is 26.2 Å². The standard InChI is InChI=1S/C12H18N2O2/c1-9-11(4-7-16-9)12(15)14-5-2-10(8-13)3-6-14/h9-11H,2-7H2,1H3. The third-order valence-corrected chi connectivity index (χ3v) is 3.68. The van der Waals surface area contributed by atoms with Gasteiger partial charge in [-0.2, -0.15) is 5.26 Å². The molecule has 2 atom stereocenters. The van der Waals surface area contributed by atoms with Crippen molar-refractivity contribution in [1.82, 2.24) is 4.90 Å². The van der Waals surface area contributed by atoms with Gasteiger partial charge in [0.25, 0.3) is 0 Å². The Hall–Kier alpha value is -1.08. The Morgan fingerprint density at radius 3 is 2.56 bits per heavy atom. The van der Waals surface area contributed by atoms with Gasteiger partial charge in [0.15, 0.2) is 0 Å². The van der Waals surface area contributed by atoms with Crippen molar-refractivity contribution in [3.05, 3.63) is 0 Å². The number of amides is 1. The van der Waals surface area contributed by atoms with Crippen LogP contribution in [0.5, 0.6) is 0 Å². The van der Waals surface area contributed by atoms with E-state index in [-0.39, 0.29) is 23.8 Å². The number of likely N-dealkylation sites (tertiary alicyclic amines) is 1. The maximum absolute atomic E-state index is 12.2. The van der Waals surface area contributed by atoms with E-state index in [4.69, 9.17) is 10.00 Å². The predicted octanol–water partition coefficient (Wildman–Crippen LogP) is 1.17. The topological polar surface area (TPSA) is 53.3 Å². The van der Waals surface area contributed by atoms with Crippen LogP contribution in [0.2, 0.25) is 0 Å². The molecule has 2 aliphatic rings. The zero-order valence-electron chi connectivity index (χ0n) is 9.69. The number of carbonyl (C=O) groups is 1. The number of hydrogen-bond acceptors (Lipinski definition) is 3. The van der Waals surface area contributed by atoms with E-state index < -0.39 is 0 Å². The van der Waals surface area contributed by atoms with Gasteiger partial charge >= 0.3 is 0 Å². The van der Waals surface area contributed by atoms with Gasteiger partial charge in [0, 0.05) is 25.6 Å². The van der Waals surface area contributed by atoms with Gasteiger partial charge in [0.05, 0.1) is 18.1 Å². The lowest BCUT2D eigenvalue weighted by Crippen LogP contribution is -2.43. The Kier molecular flexibility index (Phi) is 3.45. The summed E-state index contributed by atoms with van der Waals surface area (Å²) < 4.78 is 5.42. The van der Waals surface area contributed by atoms with Crippen LogP contribution in [0.15, 0.2) is 0 Å². The minimum absolute atomic E-state index is 0.0404. The van der Waals surface area contributed by atoms with Gasteiger partial charge < -0.3 is 9.64 Å². The summed E-state index contributed by atoms with van der Waals surface area (Å²) in [6, 6.07) is 2.28. The highest BCUT2D eigenvalue weighted by atomic mass is 16.5. The van der Waals surface area contributed by atoms with Gasteiger partial charge in [-0.1, -0.05) is 0 Å². The lowest BCUT2D eigenvalue weighted by atomic mass is 9.95. The Balaban J connectivity index is 1.89. The van der Waals surface area contributed by atoms with Crippen LogP contribution in [-0.2, 0) is 9.53 Å². The number of rotatable bonds is 1. The quantitative estimate of drug-likeness (QED) is 0.669. The molecule has 2 fully saturated rings. The van der Waals surface area contributed by atoms with Gasteiger partial charge in [-0.25, -0.2) is 0 Å². The molecule has 0 aromatic rings. The van der Waals surface area contributed by atoms with E-state index in [1.54, 1.807) is 0 Å². The average molecular weight is 222 g/mol. The number of piperidine rings is 1. The van der Waals surface area contributed by atoms with Gasteiger partial charge in [0.2, 0.25) is 5.91 Å². The van der Waals surface area contributed by atoms with Gasteiger partial charge in [-0.15, -0.1) is 0 Å². The lowest BCUT2D eigenvalue weighted by Gasteiger charge is -2.31. The van der Waals surface area contributed by atoms with Crippen molar-refractivity contribution >= 4 is 5.91 Å². The monoisotopic (exact) mass is 222 g/mol. The van der Waals surface area contributed by atoms with Crippen molar-refractivity contribution in [2.45, 2.75) is 32.3 Å². The molecule has 2 heterocycles. The Bertz CT molecular complexity index is 303. The molecule has 0 aliphatic carbocycles. The molecule has 16 heavy (non-hydrogen) atoms. The summed E-state index contributed by atoms with van der Waals surface area (Å²) in [7, 11) is 0. The second kappa shape index (κ2) is 4.84. The molecule has 88 valence electrons. The van der Waals surface area contributed by atoms with Crippen LogP contribution in [-0.4, -0.2) is 36.6 Å². The third-order valence-electron chi connectivity index (χ3n) is 3.68. The first-order valence-corrected chi connectivity index (χ1v) is 6.02. The molecule has 0 bridgehead atoms. The first-order valence-electron chi connectivity index (χ1n) is 6.02. The molecule has 0 saturated carbocycles. The van der Waals surface area contributed by atoms with E-state index in [2.05, 4.69) is 6.07 Å². The van der Waals surface area contributed by atoms with E-state index in [1.807, 2.05) is 11.8 Å².